The summed E-state index contributed by atoms with van der Waals surface area (Å²) in [6.07, 6.45) is -0.985. The zero-order valence-corrected chi connectivity index (χ0v) is 17.9. The number of ether oxygens (including phenoxy) is 2. The van der Waals surface area contributed by atoms with Crippen molar-refractivity contribution >= 4 is 33.2 Å². The lowest BCUT2D eigenvalue weighted by molar-refractivity contribution is -0.140. The standard InChI is InChI=1S/C20H22F3N5O2S/c1-28-5-3-12(4-6-28)9-30-13-7-14-17(15(8-13)29-2)18(25-11-24-14)27-19-26-16(10-31-19)20(21,22)23/h7-8,10-12H,3-6,9H2,1-2H3,(H,24,25,26,27). The largest absolute Gasteiger partial charge is 0.496 e. The molecule has 0 unspecified atom stereocenters. The Bertz CT molecular complexity index is 1050. The molecule has 1 fully saturated rings. The van der Waals surface area contributed by atoms with Crippen molar-refractivity contribution in [1.82, 2.24) is 19.9 Å². The number of hydrogen-bond acceptors (Lipinski definition) is 8. The van der Waals surface area contributed by atoms with Crippen LogP contribution in [-0.4, -0.2) is 53.7 Å². The summed E-state index contributed by atoms with van der Waals surface area (Å²) >= 11 is 0.849. The number of hydrogen-bond donors (Lipinski definition) is 1. The lowest BCUT2D eigenvalue weighted by atomic mass is 9.98. The normalized spacial score (nSPS) is 15.9. The molecular formula is C20H22F3N5O2S. The van der Waals surface area contributed by atoms with Gasteiger partial charge >= 0.3 is 6.18 Å². The van der Waals surface area contributed by atoms with E-state index in [0.29, 0.717) is 40.7 Å². The van der Waals surface area contributed by atoms with Crippen LogP contribution in [0, 0.1) is 5.92 Å². The number of piperidine rings is 1. The lowest BCUT2D eigenvalue weighted by Crippen LogP contribution is -2.32. The van der Waals surface area contributed by atoms with Crippen LogP contribution in [0.2, 0.25) is 0 Å². The Morgan fingerprint density at radius 1 is 1.23 bits per heavy atom. The molecule has 1 aliphatic heterocycles. The van der Waals surface area contributed by atoms with E-state index >= 15 is 0 Å². The lowest BCUT2D eigenvalue weighted by Gasteiger charge is -2.28. The quantitative estimate of drug-likeness (QED) is 0.586. The van der Waals surface area contributed by atoms with Gasteiger partial charge in [-0.1, -0.05) is 0 Å². The van der Waals surface area contributed by atoms with Crippen molar-refractivity contribution in [2.45, 2.75) is 19.0 Å². The van der Waals surface area contributed by atoms with Crippen molar-refractivity contribution in [1.29, 1.82) is 0 Å². The van der Waals surface area contributed by atoms with Gasteiger partial charge in [0.1, 0.15) is 23.6 Å². The summed E-state index contributed by atoms with van der Waals surface area (Å²) in [5, 5.41) is 4.43. The van der Waals surface area contributed by atoms with Gasteiger partial charge in [-0.2, -0.15) is 13.2 Å². The van der Waals surface area contributed by atoms with Crippen LogP contribution in [-0.2, 0) is 6.18 Å². The van der Waals surface area contributed by atoms with Gasteiger partial charge in [-0.25, -0.2) is 15.0 Å². The van der Waals surface area contributed by atoms with E-state index in [0.717, 1.165) is 42.6 Å². The molecule has 3 aromatic rings. The van der Waals surface area contributed by atoms with Crippen LogP contribution >= 0.6 is 11.3 Å². The molecule has 1 aromatic carbocycles. The third-order valence-electron chi connectivity index (χ3n) is 5.24. The highest BCUT2D eigenvalue weighted by atomic mass is 32.1. The van der Waals surface area contributed by atoms with E-state index in [2.05, 4.69) is 32.2 Å². The fraction of sp³-hybridized carbons (Fsp3) is 0.450. The van der Waals surface area contributed by atoms with Gasteiger partial charge in [-0.3, -0.25) is 0 Å². The highest BCUT2D eigenvalue weighted by Crippen LogP contribution is 2.37. The molecule has 7 nitrogen and oxygen atoms in total. The van der Waals surface area contributed by atoms with Crippen molar-refractivity contribution in [3.8, 4) is 11.5 Å². The Morgan fingerprint density at radius 2 is 2.00 bits per heavy atom. The van der Waals surface area contributed by atoms with Gasteiger partial charge in [0.15, 0.2) is 10.8 Å². The number of halogens is 3. The second-order valence-corrected chi connectivity index (χ2v) is 8.32. The van der Waals surface area contributed by atoms with Crippen LogP contribution in [0.3, 0.4) is 0 Å². The summed E-state index contributed by atoms with van der Waals surface area (Å²) in [5.74, 6) is 1.90. The molecule has 3 heterocycles. The number of likely N-dealkylation sites (tertiary alicyclic amines) is 1. The molecule has 31 heavy (non-hydrogen) atoms. The molecule has 2 aromatic heterocycles. The topological polar surface area (TPSA) is 72.4 Å². The number of methoxy groups -OCH3 is 1. The Hall–Kier alpha value is -2.66. The van der Waals surface area contributed by atoms with Gasteiger partial charge in [0.25, 0.3) is 0 Å². The number of nitrogens with one attached hydrogen (secondary N) is 1. The van der Waals surface area contributed by atoms with E-state index in [1.807, 2.05) is 0 Å². The fourth-order valence-corrected chi connectivity index (χ4v) is 4.19. The van der Waals surface area contributed by atoms with E-state index in [4.69, 9.17) is 9.47 Å². The van der Waals surface area contributed by atoms with Gasteiger partial charge in [0.2, 0.25) is 0 Å². The molecule has 1 aliphatic rings. The number of anilines is 2. The maximum Gasteiger partial charge on any atom is 0.434 e. The maximum atomic E-state index is 12.8. The predicted octanol–water partition coefficient (Wildman–Crippen LogP) is 4.58. The minimum atomic E-state index is -4.50. The van der Waals surface area contributed by atoms with Gasteiger partial charge in [0, 0.05) is 17.5 Å². The Labute approximate surface area is 181 Å². The van der Waals surface area contributed by atoms with Crippen molar-refractivity contribution < 1.29 is 22.6 Å². The summed E-state index contributed by atoms with van der Waals surface area (Å²) in [4.78, 5) is 14.4. The molecule has 0 spiro atoms. The van der Waals surface area contributed by atoms with E-state index in [1.165, 1.54) is 13.4 Å². The average Bonchev–Trinajstić information content (AvgIpc) is 3.22. The number of aromatic nitrogens is 3. The highest BCUT2D eigenvalue weighted by molar-refractivity contribution is 7.13. The second-order valence-electron chi connectivity index (χ2n) is 7.46. The first kappa shape index (κ1) is 21.6. The molecule has 1 saturated heterocycles. The molecule has 0 atom stereocenters. The van der Waals surface area contributed by atoms with Crippen LogP contribution in [0.15, 0.2) is 23.8 Å². The van der Waals surface area contributed by atoms with Crippen molar-refractivity contribution in [2.75, 3.05) is 39.2 Å². The van der Waals surface area contributed by atoms with E-state index in [9.17, 15) is 13.2 Å². The number of thiazole rings is 1. The zero-order valence-electron chi connectivity index (χ0n) is 17.1. The van der Waals surface area contributed by atoms with Crippen LogP contribution in [0.25, 0.3) is 10.9 Å². The van der Waals surface area contributed by atoms with Gasteiger partial charge in [0.05, 0.1) is 24.6 Å². The first-order valence-electron chi connectivity index (χ1n) is 9.77. The van der Waals surface area contributed by atoms with Gasteiger partial charge < -0.3 is 19.7 Å². The maximum absolute atomic E-state index is 12.8. The number of fused-ring (bicyclic) bond motifs is 1. The fourth-order valence-electron chi connectivity index (χ4n) is 3.47. The minimum Gasteiger partial charge on any atom is -0.496 e. The van der Waals surface area contributed by atoms with Gasteiger partial charge in [-0.15, -0.1) is 11.3 Å². The molecule has 0 radical (unpaired) electrons. The summed E-state index contributed by atoms with van der Waals surface area (Å²) in [7, 11) is 3.63. The van der Waals surface area contributed by atoms with E-state index < -0.39 is 11.9 Å². The number of nitrogens with zero attached hydrogens (tertiary/aromatic N) is 4. The van der Waals surface area contributed by atoms with E-state index in [-0.39, 0.29) is 5.13 Å². The van der Waals surface area contributed by atoms with Crippen LogP contribution in [0.5, 0.6) is 11.5 Å². The van der Waals surface area contributed by atoms with Crippen molar-refractivity contribution in [3.05, 3.63) is 29.5 Å². The monoisotopic (exact) mass is 453 g/mol. The summed E-state index contributed by atoms with van der Waals surface area (Å²) < 4.78 is 50.0. The molecular weight excluding hydrogens is 431 g/mol. The highest BCUT2D eigenvalue weighted by Gasteiger charge is 2.33. The first-order valence-corrected chi connectivity index (χ1v) is 10.7. The van der Waals surface area contributed by atoms with E-state index in [1.54, 1.807) is 12.1 Å². The molecule has 4 rings (SSSR count). The summed E-state index contributed by atoms with van der Waals surface area (Å²) in [6, 6.07) is 3.53. The van der Waals surface area contributed by atoms with Gasteiger partial charge in [-0.05, 0) is 38.9 Å². The predicted molar refractivity (Wildman–Crippen MR) is 112 cm³/mol. The molecule has 1 N–H and O–H groups in total. The van der Waals surface area contributed by atoms with Crippen LogP contribution in [0.1, 0.15) is 18.5 Å². The number of alkyl halides is 3. The smallest absolute Gasteiger partial charge is 0.434 e. The Morgan fingerprint density at radius 3 is 2.68 bits per heavy atom. The minimum absolute atomic E-state index is 0.0805. The zero-order chi connectivity index (χ0) is 22.0. The molecule has 0 aliphatic carbocycles. The number of benzene rings is 1. The molecule has 11 heteroatoms. The second kappa shape index (κ2) is 8.83. The van der Waals surface area contributed by atoms with Crippen molar-refractivity contribution in [2.24, 2.45) is 5.92 Å². The Balaban J connectivity index is 1.56. The summed E-state index contributed by atoms with van der Waals surface area (Å²) in [6.45, 7) is 2.73. The molecule has 0 saturated carbocycles. The van der Waals surface area contributed by atoms with Crippen LogP contribution in [0.4, 0.5) is 24.1 Å². The molecule has 0 bridgehead atoms. The summed E-state index contributed by atoms with van der Waals surface area (Å²) in [5.41, 5.74) is -0.391. The van der Waals surface area contributed by atoms with Crippen LogP contribution < -0.4 is 14.8 Å². The van der Waals surface area contributed by atoms with Crippen molar-refractivity contribution in [3.63, 3.8) is 0 Å². The Kier molecular flexibility index (Phi) is 6.15. The third-order valence-corrected chi connectivity index (χ3v) is 6.00. The SMILES string of the molecule is COc1cc(OCC2CCN(C)CC2)cc2ncnc(Nc3nc(C(F)(F)F)cs3)c12. The molecule has 0 amide bonds. The first-order chi connectivity index (χ1) is 14.8. The number of rotatable bonds is 6. The average molecular weight is 453 g/mol. The molecule has 166 valence electrons. The third kappa shape index (κ3) is 4.99.